The normalized spacial score (nSPS) is 16.4. The summed E-state index contributed by atoms with van der Waals surface area (Å²) in [5, 5.41) is 2.48. The molecule has 1 aliphatic heterocycles. The Morgan fingerprint density at radius 1 is 1.26 bits per heavy atom. The van der Waals surface area contributed by atoms with E-state index in [-0.39, 0.29) is 16.3 Å². The van der Waals surface area contributed by atoms with Crippen LogP contribution >= 0.6 is 15.9 Å². The molecule has 0 bridgehead atoms. The third-order valence-electron chi connectivity index (χ3n) is 4.77. The van der Waals surface area contributed by atoms with Crippen LogP contribution < -0.4 is 5.32 Å². The zero-order chi connectivity index (χ0) is 19.8. The zero-order valence-corrected chi connectivity index (χ0v) is 17.5. The lowest BCUT2D eigenvalue weighted by Gasteiger charge is -2.29. The fraction of sp³-hybridized carbons (Fsp3) is 0.389. The Morgan fingerprint density at radius 3 is 2.56 bits per heavy atom. The predicted octanol–water partition coefficient (Wildman–Crippen LogP) is 3.60. The lowest BCUT2D eigenvalue weighted by molar-refractivity contribution is 0.101. The van der Waals surface area contributed by atoms with Gasteiger partial charge in [0.15, 0.2) is 0 Å². The number of amides is 1. The third-order valence-corrected chi connectivity index (χ3v) is 7.13. The Kier molecular flexibility index (Phi) is 5.73. The molecule has 1 fully saturated rings. The number of aromatic nitrogens is 1. The number of hydrogen-bond donors (Lipinski definition) is 1. The second-order valence-electron chi connectivity index (χ2n) is 6.84. The lowest BCUT2D eigenvalue weighted by atomic mass is 10.0. The first-order chi connectivity index (χ1) is 12.7. The number of rotatable bonds is 4. The van der Waals surface area contributed by atoms with Crippen molar-refractivity contribution in [2.24, 2.45) is 13.0 Å². The molecule has 0 radical (unpaired) electrons. The maximum absolute atomic E-state index is 13.9. The van der Waals surface area contributed by atoms with Gasteiger partial charge < -0.3 is 9.88 Å². The summed E-state index contributed by atoms with van der Waals surface area (Å²) in [7, 11) is -2.07. The van der Waals surface area contributed by atoms with Crippen molar-refractivity contribution in [2.45, 2.75) is 24.7 Å². The topological polar surface area (TPSA) is 71.4 Å². The molecule has 0 atom stereocenters. The minimum absolute atomic E-state index is 0.0267. The maximum atomic E-state index is 13.9. The molecule has 1 amide bonds. The number of piperidine rings is 1. The maximum Gasteiger partial charge on any atom is 0.272 e. The molecule has 3 rings (SSSR count). The highest BCUT2D eigenvalue weighted by molar-refractivity contribution is 9.10. The average Bonchev–Trinajstić information content (AvgIpc) is 3.00. The molecule has 2 aromatic rings. The molecular weight excluding hydrogens is 437 g/mol. The number of halogens is 2. The first-order valence-corrected chi connectivity index (χ1v) is 10.8. The van der Waals surface area contributed by atoms with E-state index in [2.05, 4.69) is 28.2 Å². The summed E-state index contributed by atoms with van der Waals surface area (Å²) in [6, 6.07) is 5.62. The van der Waals surface area contributed by atoms with Gasteiger partial charge in [0, 0.05) is 30.8 Å². The van der Waals surface area contributed by atoms with Gasteiger partial charge in [-0.3, -0.25) is 4.79 Å². The molecule has 1 aromatic carbocycles. The van der Waals surface area contributed by atoms with Crippen LogP contribution in [0.4, 0.5) is 10.1 Å². The van der Waals surface area contributed by atoms with Gasteiger partial charge in [-0.1, -0.05) is 22.9 Å². The van der Waals surface area contributed by atoms with Crippen LogP contribution in [0, 0.1) is 11.7 Å². The summed E-state index contributed by atoms with van der Waals surface area (Å²) in [6.45, 7) is 3.06. The van der Waals surface area contributed by atoms with Crippen LogP contribution in [0.25, 0.3) is 0 Å². The Balaban J connectivity index is 1.82. The van der Waals surface area contributed by atoms with Crippen molar-refractivity contribution < 1.29 is 17.6 Å². The summed E-state index contributed by atoms with van der Waals surface area (Å²) < 4.78 is 43.1. The smallest absolute Gasteiger partial charge is 0.272 e. The largest absolute Gasteiger partial charge is 0.345 e. The van der Waals surface area contributed by atoms with E-state index in [4.69, 9.17) is 0 Å². The van der Waals surface area contributed by atoms with Gasteiger partial charge in [0.1, 0.15) is 16.4 Å². The number of aryl methyl sites for hydroxylation is 1. The van der Waals surface area contributed by atoms with Crippen molar-refractivity contribution in [1.29, 1.82) is 0 Å². The standard InChI is InChI=1S/C18H21BrFN3O3S/c1-12-5-7-23(8-6-12)27(25,26)14-10-17(22(2)11-14)18(24)21-16-4-3-13(19)9-15(16)20/h3-4,9-12H,5-8H2,1-2H3,(H,21,24). The van der Waals surface area contributed by atoms with Crippen LogP contribution in [0.5, 0.6) is 0 Å². The highest BCUT2D eigenvalue weighted by Crippen LogP contribution is 2.25. The van der Waals surface area contributed by atoms with Crippen molar-refractivity contribution in [3.63, 3.8) is 0 Å². The van der Waals surface area contributed by atoms with Gasteiger partial charge in [0.05, 0.1) is 5.69 Å². The molecule has 2 heterocycles. The fourth-order valence-corrected chi connectivity index (χ4v) is 4.93. The molecule has 9 heteroatoms. The van der Waals surface area contributed by atoms with E-state index in [1.165, 1.54) is 33.3 Å². The van der Waals surface area contributed by atoms with Crippen molar-refractivity contribution in [3.05, 3.63) is 46.4 Å². The van der Waals surface area contributed by atoms with Gasteiger partial charge >= 0.3 is 0 Å². The van der Waals surface area contributed by atoms with Crippen molar-refractivity contribution >= 4 is 37.5 Å². The molecule has 0 saturated carbocycles. The minimum atomic E-state index is -3.66. The van der Waals surface area contributed by atoms with Crippen LogP contribution in [0.1, 0.15) is 30.3 Å². The van der Waals surface area contributed by atoms with Gasteiger partial charge in [-0.25, -0.2) is 12.8 Å². The molecule has 0 aliphatic carbocycles. The number of sulfonamides is 1. The number of hydrogen-bond acceptors (Lipinski definition) is 3. The third kappa shape index (κ3) is 4.25. The number of carbonyl (C=O) groups is 1. The summed E-state index contributed by atoms with van der Waals surface area (Å²) in [4.78, 5) is 12.6. The quantitative estimate of drug-likeness (QED) is 0.761. The molecule has 27 heavy (non-hydrogen) atoms. The highest BCUT2D eigenvalue weighted by atomic mass is 79.9. The Morgan fingerprint density at radius 2 is 1.93 bits per heavy atom. The molecule has 1 N–H and O–H groups in total. The molecule has 6 nitrogen and oxygen atoms in total. The Bertz CT molecular complexity index is 966. The number of nitrogens with zero attached hydrogens (tertiary/aromatic N) is 2. The van der Waals surface area contributed by atoms with Crippen molar-refractivity contribution in [2.75, 3.05) is 18.4 Å². The van der Waals surface area contributed by atoms with Crippen LogP contribution in [-0.2, 0) is 17.1 Å². The molecule has 146 valence electrons. The van der Waals surface area contributed by atoms with Gasteiger partial charge in [-0.05, 0) is 43.0 Å². The van der Waals surface area contributed by atoms with E-state index in [1.807, 2.05) is 0 Å². The van der Waals surface area contributed by atoms with E-state index in [1.54, 1.807) is 13.1 Å². The van der Waals surface area contributed by atoms with E-state index in [0.717, 1.165) is 12.8 Å². The van der Waals surface area contributed by atoms with Crippen LogP contribution in [0.3, 0.4) is 0 Å². The van der Waals surface area contributed by atoms with Gasteiger partial charge in [0.25, 0.3) is 5.91 Å². The van der Waals surface area contributed by atoms with E-state index < -0.39 is 21.7 Å². The van der Waals surface area contributed by atoms with Gasteiger partial charge in [-0.2, -0.15) is 4.31 Å². The van der Waals surface area contributed by atoms with E-state index in [9.17, 15) is 17.6 Å². The van der Waals surface area contributed by atoms with Crippen LogP contribution in [0.2, 0.25) is 0 Å². The van der Waals surface area contributed by atoms with E-state index >= 15 is 0 Å². The Labute approximate surface area is 166 Å². The number of nitrogens with one attached hydrogen (secondary N) is 1. The number of carbonyl (C=O) groups excluding carboxylic acids is 1. The molecule has 0 spiro atoms. The number of anilines is 1. The zero-order valence-electron chi connectivity index (χ0n) is 15.1. The summed E-state index contributed by atoms with van der Waals surface area (Å²) in [6.07, 6.45) is 3.06. The Hall–Kier alpha value is -1.71. The summed E-state index contributed by atoms with van der Waals surface area (Å²) in [5.41, 5.74) is 0.167. The first-order valence-electron chi connectivity index (χ1n) is 8.61. The summed E-state index contributed by atoms with van der Waals surface area (Å²) in [5.74, 6) is -0.649. The van der Waals surface area contributed by atoms with Gasteiger partial charge in [0.2, 0.25) is 10.0 Å². The second kappa shape index (κ2) is 7.73. The van der Waals surface area contributed by atoms with Crippen molar-refractivity contribution in [1.82, 2.24) is 8.87 Å². The van der Waals surface area contributed by atoms with E-state index in [0.29, 0.717) is 23.5 Å². The monoisotopic (exact) mass is 457 g/mol. The predicted molar refractivity (Wildman–Crippen MR) is 105 cm³/mol. The summed E-state index contributed by atoms with van der Waals surface area (Å²) >= 11 is 3.16. The molecule has 1 saturated heterocycles. The SMILES string of the molecule is CC1CCN(S(=O)(=O)c2cc(C(=O)Nc3ccc(Br)cc3F)n(C)c2)CC1. The molecule has 0 unspecified atom stereocenters. The van der Waals surface area contributed by atoms with Crippen LogP contribution in [-0.4, -0.2) is 36.3 Å². The number of benzene rings is 1. The van der Waals surface area contributed by atoms with Crippen LogP contribution in [0.15, 0.2) is 39.8 Å². The average molecular weight is 458 g/mol. The minimum Gasteiger partial charge on any atom is -0.345 e. The van der Waals surface area contributed by atoms with Gasteiger partial charge in [-0.15, -0.1) is 0 Å². The fourth-order valence-electron chi connectivity index (χ4n) is 3.05. The molecular formula is C18H21BrFN3O3S. The first kappa shape index (κ1) is 20.0. The highest BCUT2D eigenvalue weighted by Gasteiger charge is 2.30. The molecule has 1 aliphatic rings. The molecule has 1 aromatic heterocycles. The van der Waals surface area contributed by atoms with Crippen molar-refractivity contribution in [3.8, 4) is 0 Å². The lowest BCUT2D eigenvalue weighted by Crippen LogP contribution is -2.37. The second-order valence-corrected chi connectivity index (χ2v) is 9.69.